The maximum atomic E-state index is 9.54. The van der Waals surface area contributed by atoms with Crippen LogP contribution in [0.1, 0.15) is 30.9 Å². The van der Waals surface area contributed by atoms with Gasteiger partial charge >= 0.3 is 0 Å². The van der Waals surface area contributed by atoms with Gasteiger partial charge in [-0.05, 0) is 24.3 Å². The molecule has 0 bridgehead atoms. The summed E-state index contributed by atoms with van der Waals surface area (Å²) >= 11 is 0. The largest absolute Gasteiger partial charge is 0.507 e. The number of para-hydroxylation sites is 2. The van der Waals surface area contributed by atoms with Crippen molar-refractivity contribution in [3.05, 3.63) is 66.6 Å². The van der Waals surface area contributed by atoms with E-state index in [9.17, 15) is 10.2 Å². The molecule has 0 saturated heterocycles. The van der Waals surface area contributed by atoms with Gasteiger partial charge < -0.3 is 17.1 Å². The fourth-order valence-electron chi connectivity index (χ4n) is 1.63. The first-order chi connectivity index (χ1) is 11.7. The molecule has 0 atom stereocenters. The van der Waals surface area contributed by atoms with Crippen LogP contribution in [0.3, 0.4) is 0 Å². The van der Waals surface area contributed by atoms with Crippen LogP contribution in [0.2, 0.25) is 0 Å². The molecular formula is C20H25CoN2O2-. The Bertz CT molecular complexity index is 600. The van der Waals surface area contributed by atoms with Gasteiger partial charge in [-0.1, -0.05) is 37.6 Å². The first kappa shape index (κ1) is 22.9. The van der Waals surface area contributed by atoms with E-state index in [4.69, 9.17) is 0 Å². The Balaban J connectivity index is 0.00000104. The van der Waals surface area contributed by atoms with Gasteiger partial charge in [-0.25, -0.2) is 0 Å². The first-order valence-electron chi connectivity index (χ1n) is 8.04. The van der Waals surface area contributed by atoms with Crippen LogP contribution in [0.25, 0.3) is 0 Å². The zero-order valence-corrected chi connectivity index (χ0v) is 15.5. The zero-order valence-electron chi connectivity index (χ0n) is 14.4. The van der Waals surface area contributed by atoms with Gasteiger partial charge in [0.2, 0.25) is 0 Å². The van der Waals surface area contributed by atoms with Crippen molar-refractivity contribution in [2.24, 2.45) is 9.98 Å². The van der Waals surface area contributed by atoms with E-state index in [2.05, 4.69) is 23.8 Å². The number of benzene rings is 2. The molecule has 0 aliphatic rings. The van der Waals surface area contributed by atoms with Gasteiger partial charge in [0.15, 0.2) is 0 Å². The van der Waals surface area contributed by atoms with Crippen molar-refractivity contribution in [3.8, 4) is 11.5 Å². The quantitative estimate of drug-likeness (QED) is 0.444. The summed E-state index contributed by atoms with van der Waals surface area (Å²) in [5.41, 5.74) is 1.38. The van der Waals surface area contributed by atoms with Crippen molar-refractivity contribution in [3.63, 3.8) is 0 Å². The minimum absolute atomic E-state index is 0. The van der Waals surface area contributed by atoms with Crippen molar-refractivity contribution in [1.29, 1.82) is 0 Å². The predicted octanol–water partition coefficient (Wildman–Crippen LogP) is 4.25. The number of unbranched alkanes of at least 4 members (excludes halogenated alkanes) is 1. The van der Waals surface area contributed by atoms with Crippen LogP contribution in [0.4, 0.5) is 0 Å². The van der Waals surface area contributed by atoms with Gasteiger partial charge in [0.05, 0.1) is 13.1 Å². The maximum Gasteiger partial charge on any atom is 0.124 e. The fraction of sp³-hybridized carbons (Fsp3) is 0.250. The molecule has 0 heterocycles. The molecule has 25 heavy (non-hydrogen) atoms. The summed E-state index contributed by atoms with van der Waals surface area (Å²) in [4.78, 5) is 8.39. The second-order valence-corrected chi connectivity index (χ2v) is 5.04. The Morgan fingerprint density at radius 3 is 1.52 bits per heavy atom. The maximum absolute atomic E-state index is 9.54. The second kappa shape index (κ2) is 14.2. The van der Waals surface area contributed by atoms with E-state index < -0.39 is 0 Å². The van der Waals surface area contributed by atoms with Crippen molar-refractivity contribution in [1.82, 2.24) is 0 Å². The number of hydrogen-bond donors (Lipinski definition) is 2. The van der Waals surface area contributed by atoms with Crippen molar-refractivity contribution in [2.45, 2.75) is 19.8 Å². The number of aliphatic imine (C=N–C) groups is 2. The van der Waals surface area contributed by atoms with E-state index in [0.29, 0.717) is 24.2 Å². The van der Waals surface area contributed by atoms with Crippen LogP contribution in [-0.4, -0.2) is 35.7 Å². The number of phenols is 2. The van der Waals surface area contributed by atoms with Gasteiger partial charge in [0, 0.05) is 40.3 Å². The van der Waals surface area contributed by atoms with Gasteiger partial charge in [0.1, 0.15) is 11.5 Å². The fourth-order valence-corrected chi connectivity index (χ4v) is 1.63. The molecule has 0 spiro atoms. The van der Waals surface area contributed by atoms with Gasteiger partial charge in [-0.2, -0.15) is 6.42 Å². The van der Waals surface area contributed by atoms with Gasteiger partial charge in [0.25, 0.3) is 0 Å². The van der Waals surface area contributed by atoms with E-state index in [-0.39, 0.29) is 28.3 Å². The van der Waals surface area contributed by atoms with Crippen LogP contribution in [-0.2, 0) is 16.8 Å². The second-order valence-electron chi connectivity index (χ2n) is 5.04. The average molecular weight is 384 g/mol. The molecule has 2 N–H and O–H groups in total. The van der Waals surface area contributed by atoms with Crippen molar-refractivity contribution >= 4 is 12.4 Å². The molecule has 4 nitrogen and oxygen atoms in total. The molecule has 0 fully saturated rings. The van der Waals surface area contributed by atoms with Crippen LogP contribution >= 0.6 is 0 Å². The molecule has 137 valence electrons. The van der Waals surface area contributed by atoms with E-state index in [1.54, 1.807) is 48.8 Å². The number of hydrogen-bond acceptors (Lipinski definition) is 4. The molecule has 0 unspecified atom stereocenters. The Hall–Kier alpha value is -2.11. The Labute approximate surface area is 160 Å². The summed E-state index contributed by atoms with van der Waals surface area (Å²) < 4.78 is 0. The molecule has 1 radical (unpaired) electrons. The first-order valence-corrected chi connectivity index (χ1v) is 8.04. The van der Waals surface area contributed by atoms with Crippen molar-refractivity contribution in [2.75, 3.05) is 13.1 Å². The standard InChI is InChI=1S/C16H16N2O2.C4H9.Co/c19-15-7-3-1-5-13(15)11-17-9-10-18-12-14-6-2-4-8-16(14)20;1-3-4-2;/h1-8,11-12,19-20H,9-10H2;1,3-4H2,2H3;/q;-1;. The smallest absolute Gasteiger partial charge is 0.124 e. The number of rotatable bonds is 6. The number of aromatic hydroxyl groups is 2. The van der Waals surface area contributed by atoms with Gasteiger partial charge in [-0.3, -0.25) is 9.98 Å². The third-order valence-corrected chi connectivity index (χ3v) is 3.05. The molecule has 2 aromatic rings. The van der Waals surface area contributed by atoms with Crippen LogP contribution < -0.4 is 0 Å². The Morgan fingerprint density at radius 2 is 1.20 bits per heavy atom. The van der Waals surface area contributed by atoms with E-state index in [1.807, 2.05) is 12.1 Å². The van der Waals surface area contributed by atoms with Crippen LogP contribution in [0, 0.1) is 6.92 Å². The van der Waals surface area contributed by atoms with Crippen LogP contribution in [0.5, 0.6) is 11.5 Å². The summed E-state index contributed by atoms with van der Waals surface area (Å²) in [5, 5.41) is 19.1. The van der Waals surface area contributed by atoms with Crippen LogP contribution in [0.15, 0.2) is 58.5 Å². The minimum atomic E-state index is 0. The molecule has 2 aromatic carbocycles. The third-order valence-electron chi connectivity index (χ3n) is 3.05. The van der Waals surface area contributed by atoms with E-state index in [0.717, 1.165) is 6.42 Å². The predicted molar refractivity (Wildman–Crippen MR) is 101 cm³/mol. The summed E-state index contributed by atoms with van der Waals surface area (Å²) in [7, 11) is 0. The number of phenolic OH excluding ortho intramolecular Hbond substituents is 2. The molecule has 0 aromatic heterocycles. The summed E-state index contributed by atoms with van der Waals surface area (Å²) in [6, 6.07) is 14.1. The van der Waals surface area contributed by atoms with E-state index in [1.165, 1.54) is 6.42 Å². The van der Waals surface area contributed by atoms with Gasteiger partial charge in [-0.15, -0.1) is 0 Å². The molecule has 0 saturated carbocycles. The van der Waals surface area contributed by atoms with Crippen molar-refractivity contribution < 1.29 is 27.0 Å². The summed E-state index contributed by atoms with van der Waals surface area (Å²) in [6.07, 6.45) is 5.54. The van der Waals surface area contributed by atoms with E-state index >= 15 is 0 Å². The molecule has 0 amide bonds. The molecule has 0 aliphatic carbocycles. The summed E-state index contributed by atoms with van der Waals surface area (Å²) in [5.74, 6) is 0.433. The molecule has 2 rings (SSSR count). The monoisotopic (exact) mass is 384 g/mol. The average Bonchev–Trinajstić information content (AvgIpc) is 2.61. The normalized spacial score (nSPS) is 10.3. The third kappa shape index (κ3) is 9.69. The Morgan fingerprint density at radius 1 is 0.840 bits per heavy atom. The molecular weight excluding hydrogens is 359 g/mol. The molecule has 0 aliphatic heterocycles. The topological polar surface area (TPSA) is 65.2 Å². The number of nitrogens with zero attached hydrogens (tertiary/aromatic N) is 2. The Kier molecular flexibility index (Phi) is 13.0. The summed E-state index contributed by atoms with van der Waals surface area (Å²) in [6.45, 7) is 6.77. The molecule has 5 heteroatoms. The SMILES string of the molecule is Oc1ccccc1C=NCCN=Cc1ccccc1O.[CH2-]CCC.[Co]. The zero-order chi connectivity index (χ0) is 17.6. The minimum Gasteiger partial charge on any atom is -0.507 e.